The third-order valence-electron chi connectivity index (χ3n) is 3.61. The number of ether oxygens (including phenoxy) is 1. The molecule has 0 fully saturated rings. The summed E-state index contributed by atoms with van der Waals surface area (Å²) in [6.45, 7) is 4.18. The fourth-order valence-corrected chi connectivity index (χ4v) is 2.46. The van der Waals surface area contributed by atoms with Gasteiger partial charge in [-0.15, -0.1) is 0 Å². The van der Waals surface area contributed by atoms with E-state index in [2.05, 4.69) is 4.98 Å². The van der Waals surface area contributed by atoms with E-state index in [1.807, 2.05) is 6.92 Å². The first-order valence-corrected chi connectivity index (χ1v) is 7.54. The molecule has 2 rings (SSSR count). The maximum atomic E-state index is 12.0. The molecule has 0 saturated heterocycles. The van der Waals surface area contributed by atoms with Crippen molar-refractivity contribution >= 4 is 17.8 Å². The summed E-state index contributed by atoms with van der Waals surface area (Å²) in [5.41, 5.74) is 4.27. The highest BCUT2D eigenvalue weighted by Gasteiger charge is 2.26. The van der Waals surface area contributed by atoms with E-state index in [0.717, 1.165) is 12.0 Å². The Hall–Kier alpha value is -3.29. The number of anilines is 1. The first kappa shape index (κ1) is 18.1. The second-order valence-electron chi connectivity index (χ2n) is 5.43. The Morgan fingerprint density at radius 3 is 2.40 bits per heavy atom. The molecular weight excluding hydrogens is 328 g/mol. The minimum Gasteiger partial charge on any atom is -0.493 e. The quantitative estimate of drug-likeness (QED) is 0.627. The van der Waals surface area contributed by atoms with Crippen molar-refractivity contribution < 1.29 is 24.5 Å². The van der Waals surface area contributed by atoms with Gasteiger partial charge in [0.25, 0.3) is 5.56 Å². The number of hydrogen-bond acceptors (Lipinski definition) is 5. The number of pyridine rings is 1. The van der Waals surface area contributed by atoms with Gasteiger partial charge in [-0.3, -0.25) is 4.79 Å². The maximum absolute atomic E-state index is 12.0. The lowest BCUT2D eigenvalue weighted by atomic mass is 9.94. The number of aromatic nitrogens is 1. The van der Waals surface area contributed by atoms with E-state index in [0.29, 0.717) is 12.4 Å². The Morgan fingerprint density at radius 2 is 1.84 bits per heavy atom. The molecule has 1 aromatic carbocycles. The number of aromatic carboxylic acids is 2. The monoisotopic (exact) mass is 346 g/mol. The van der Waals surface area contributed by atoms with E-state index < -0.39 is 34.4 Å². The molecule has 0 spiro atoms. The van der Waals surface area contributed by atoms with E-state index in [1.165, 1.54) is 12.1 Å². The van der Waals surface area contributed by atoms with Crippen LogP contribution in [0.2, 0.25) is 0 Å². The molecule has 0 saturated carbocycles. The molecule has 0 aliphatic carbocycles. The SMILES string of the molecule is CCCOc1cc(-c2c(C(=O)O)c(N)[nH]c(=O)c2C(=O)O)ccc1C. The number of carbonyl (C=O) groups is 2. The van der Waals surface area contributed by atoms with Gasteiger partial charge in [0.1, 0.15) is 22.7 Å². The van der Waals surface area contributed by atoms with Crippen molar-refractivity contribution in [3.8, 4) is 16.9 Å². The predicted octanol–water partition coefficient (Wildman–Crippen LogP) is 2.12. The van der Waals surface area contributed by atoms with E-state index in [9.17, 15) is 24.6 Å². The second kappa shape index (κ2) is 7.08. The maximum Gasteiger partial charge on any atom is 0.342 e. The molecule has 0 aliphatic heterocycles. The molecule has 1 heterocycles. The van der Waals surface area contributed by atoms with Gasteiger partial charge in [0.2, 0.25) is 0 Å². The molecule has 0 amide bonds. The van der Waals surface area contributed by atoms with Crippen molar-refractivity contribution in [1.82, 2.24) is 4.98 Å². The zero-order chi connectivity index (χ0) is 18.7. The van der Waals surface area contributed by atoms with Crippen LogP contribution >= 0.6 is 0 Å². The lowest BCUT2D eigenvalue weighted by Crippen LogP contribution is -2.24. The summed E-state index contributed by atoms with van der Waals surface area (Å²) in [7, 11) is 0. The van der Waals surface area contributed by atoms with Gasteiger partial charge in [-0.2, -0.15) is 0 Å². The molecule has 8 heteroatoms. The summed E-state index contributed by atoms with van der Waals surface area (Å²) in [5.74, 6) is -2.92. The van der Waals surface area contributed by atoms with Crippen LogP contribution in [0.3, 0.4) is 0 Å². The highest BCUT2D eigenvalue weighted by atomic mass is 16.5. The number of nitrogens with two attached hydrogens (primary N) is 1. The van der Waals surface area contributed by atoms with Crippen molar-refractivity contribution in [1.29, 1.82) is 0 Å². The third-order valence-corrected chi connectivity index (χ3v) is 3.61. The molecule has 1 aromatic heterocycles. The Morgan fingerprint density at radius 1 is 1.20 bits per heavy atom. The molecular formula is C17H18N2O6. The van der Waals surface area contributed by atoms with Crippen molar-refractivity contribution in [2.24, 2.45) is 0 Å². The predicted molar refractivity (Wildman–Crippen MR) is 91.4 cm³/mol. The number of carboxylic acid groups (broad SMARTS) is 2. The van der Waals surface area contributed by atoms with E-state index >= 15 is 0 Å². The van der Waals surface area contributed by atoms with Gasteiger partial charge in [-0.05, 0) is 30.5 Å². The normalized spacial score (nSPS) is 10.5. The Labute approximate surface area is 142 Å². The lowest BCUT2D eigenvalue weighted by Gasteiger charge is -2.14. The van der Waals surface area contributed by atoms with Crippen molar-refractivity contribution in [2.45, 2.75) is 20.3 Å². The van der Waals surface area contributed by atoms with Crippen LogP contribution in [-0.2, 0) is 0 Å². The molecule has 0 aliphatic rings. The standard InChI is InChI=1S/C17H18N2O6/c1-3-6-25-10-7-9(5-4-8(10)2)11-12(16(21)22)14(18)19-15(20)13(11)17(23)24/h4-5,7H,3,6H2,1-2H3,(H,21,22)(H,23,24)(H3,18,19,20). The van der Waals surface area contributed by atoms with E-state index in [-0.39, 0.29) is 11.1 Å². The minimum atomic E-state index is -1.55. The summed E-state index contributed by atoms with van der Waals surface area (Å²) in [6.07, 6.45) is 0.766. The van der Waals surface area contributed by atoms with Crippen LogP contribution in [0.25, 0.3) is 11.1 Å². The van der Waals surface area contributed by atoms with Gasteiger partial charge >= 0.3 is 11.9 Å². The molecule has 2 aromatic rings. The van der Waals surface area contributed by atoms with Gasteiger partial charge in [-0.1, -0.05) is 19.1 Å². The first-order valence-electron chi connectivity index (χ1n) is 7.54. The number of H-pyrrole nitrogens is 1. The van der Waals surface area contributed by atoms with Gasteiger partial charge in [0.05, 0.1) is 6.61 Å². The van der Waals surface area contributed by atoms with Gasteiger partial charge in [-0.25, -0.2) is 9.59 Å². The molecule has 25 heavy (non-hydrogen) atoms. The average molecular weight is 346 g/mol. The number of hydrogen-bond donors (Lipinski definition) is 4. The summed E-state index contributed by atoms with van der Waals surface area (Å²) >= 11 is 0. The number of aromatic amines is 1. The van der Waals surface area contributed by atoms with Crippen LogP contribution in [-0.4, -0.2) is 33.7 Å². The Balaban J connectivity index is 2.83. The second-order valence-corrected chi connectivity index (χ2v) is 5.43. The molecule has 132 valence electrons. The molecule has 0 radical (unpaired) electrons. The van der Waals surface area contributed by atoms with Gasteiger partial charge in [0.15, 0.2) is 0 Å². The molecule has 8 nitrogen and oxygen atoms in total. The van der Waals surface area contributed by atoms with Gasteiger partial charge in [0, 0.05) is 5.56 Å². The number of carboxylic acids is 2. The summed E-state index contributed by atoms with van der Waals surface area (Å²) in [6, 6.07) is 4.70. The average Bonchev–Trinajstić information content (AvgIpc) is 2.52. The Kier molecular flexibility index (Phi) is 5.11. The summed E-state index contributed by atoms with van der Waals surface area (Å²) in [4.78, 5) is 37.2. The summed E-state index contributed by atoms with van der Waals surface area (Å²) in [5, 5.41) is 18.8. The third kappa shape index (κ3) is 3.47. The first-order chi connectivity index (χ1) is 11.8. The van der Waals surface area contributed by atoms with Crippen LogP contribution < -0.4 is 16.0 Å². The van der Waals surface area contributed by atoms with E-state index in [1.54, 1.807) is 13.0 Å². The molecule has 0 atom stereocenters. The fourth-order valence-electron chi connectivity index (χ4n) is 2.46. The topological polar surface area (TPSA) is 143 Å². The molecule has 5 N–H and O–H groups in total. The minimum absolute atomic E-state index is 0.226. The van der Waals surface area contributed by atoms with Crippen LogP contribution in [0.1, 0.15) is 39.6 Å². The number of benzene rings is 1. The van der Waals surface area contributed by atoms with Crippen LogP contribution in [0.4, 0.5) is 5.82 Å². The van der Waals surface area contributed by atoms with E-state index in [4.69, 9.17) is 10.5 Å². The van der Waals surface area contributed by atoms with Crippen molar-refractivity contribution in [3.63, 3.8) is 0 Å². The number of aryl methyl sites for hydroxylation is 1. The molecule has 0 bridgehead atoms. The highest BCUT2D eigenvalue weighted by molar-refractivity contribution is 6.07. The van der Waals surface area contributed by atoms with Crippen LogP contribution in [0, 0.1) is 6.92 Å². The fraction of sp³-hybridized carbons (Fsp3) is 0.235. The lowest BCUT2D eigenvalue weighted by molar-refractivity contribution is 0.0695. The van der Waals surface area contributed by atoms with Crippen LogP contribution in [0.15, 0.2) is 23.0 Å². The number of nitrogens with one attached hydrogen (secondary N) is 1. The smallest absolute Gasteiger partial charge is 0.342 e. The number of rotatable bonds is 6. The largest absolute Gasteiger partial charge is 0.493 e. The van der Waals surface area contributed by atoms with Crippen molar-refractivity contribution in [2.75, 3.05) is 12.3 Å². The molecule has 0 unspecified atom stereocenters. The van der Waals surface area contributed by atoms with Crippen LogP contribution in [0.5, 0.6) is 5.75 Å². The van der Waals surface area contributed by atoms with Gasteiger partial charge < -0.3 is 25.7 Å². The highest BCUT2D eigenvalue weighted by Crippen LogP contribution is 2.32. The zero-order valence-electron chi connectivity index (χ0n) is 13.8. The Bertz CT molecular complexity index is 901. The summed E-state index contributed by atoms with van der Waals surface area (Å²) < 4.78 is 5.60. The number of nitrogen functional groups attached to an aromatic ring is 1. The van der Waals surface area contributed by atoms with Crippen molar-refractivity contribution in [3.05, 3.63) is 45.2 Å². The zero-order valence-corrected chi connectivity index (χ0v) is 13.8.